The van der Waals surface area contributed by atoms with Crippen molar-refractivity contribution in [2.45, 2.75) is 65.8 Å². The molecule has 2 aliphatic heterocycles. The fraction of sp³-hybridized carbons (Fsp3) is 0.667. The van der Waals surface area contributed by atoms with Gasteiger partial charge in [-0.05, 0) is 61.6 Å². The number of fused-ring (bicyclic) bond motifs is 5. The van der Waals surface area contributed by atoms with E-state index < -0.39 is 35.8 Å². The number of primary amides is 1. The monoisotopic (exact) mass is 860 g/mol. The fourth-order valence-electron chi connectivity index (χ4n) is 6.78. The molecule has 61 heavy (non-hydrogen) atoms. The molecule has 19 heteroatoms. The Balaban J connectivity index is 1.57. The van der Waals surface area contributed by atoms with E-state index >= 15 is 0 Å². The Hall–Kier alpha value is -4.43. The lowest BCUT2D eigenvalue weighted by Gasteiger charge is -2.33. The van der Waals surface area contributed by atoms with Gasteiger partial charge in [-0.3, -0.25) is 19.2 Å². The largest absolute Gasteiger partial charge is 0.439 e. The Bertz CT molecular complexity index is 1660. The third-order valence-corrected chi connectivity index (χ3v) is 10.2. The highest BCUT2D eigenvalue weighted by molar-refractivity contribution is 6.23. The van der Waals surface area contributed by atoms with Gasteiger partial charge in [0.2, 0.25) is 11.6 Å². The van der Waals surface area contributed by atoms with E-state index in [0.29, 0.717) is 91.2 Å². The maximum Gasteiger partial charge on any atom is 0.405 e. The molecule has 3 rings (SSSR count). The molecule has 3 aliphatic rings. The summed E-state index contributed by atoms with van der Waals surface area (Å²) < 4.78 is 44.4. The van der Waals surface area contributed by atoms with Crippen molar-refractivity contribution in [3.63, 3.8) is 0 Å². The number of hydrogen-bond acceptors (Lipinski definition) is 15. The molecule has 19 nitrogen and oxygen atoms in total. The Morgan fingerprint density at radius 2 is 1.49 bits per heavy atom. The molecular formula is C42H64N6O13. The van der Waals surface area contributed by atoms with E-state index in [1.807, 2.05) is 19.9 Å². The van der Waals surface area contributed by atoms with Crippen molar-refractivity contribution in [2.75, 3.05) is 99.5 Å². The number of amides is 2. The highest BCUT2D eigenvalue weighted by Crippen LogP contribution is 2.34. The van der Waals surface area contributed by atoms with Crippen molar-refractivity contribution in [1.29, 1.82) is 0 Å². The summed E-state index contributed by atoms with van der Waals surface area (Å²) in [6.07, 6.45) is 5.19. The van der Waals surface area contributed by atoms with E-state index in [1.165, 1.54) is 0 Å². The fourth-order valence-corrected chi connectivity index (χ4v) is 6.78. The Morgan fingerprint density at radius 3 is 2.05 bits per heavy atom. The smallest absolute Gasteiger partial charge is 0.405 e. The molecule has 6 atom stereocenters. The molecule has 2 amide bonds. The van der Waals surface area contributed by atoms with E-state index in [9.17, 15) is 19.2 Å². The number of nitrogens with two attached hydrogens (primary N) is 1. The molecule has 340 valence electrons. The third-order valence-electron chi connectivity index (χ3n) is 10.2. The first-order valence-electron chi connectivity index (χ1n) is 20.7. The van der Waals surface area contributed by atoms with Crippen molar-refractivity contribution < 1.29 is 61.9 Å². The SMILES string of the molecule is CO[C@H]1C[C@H](C)CC2=C(NCCOCCOCCOCCOCCOCCOCCN=[N+]=[N-])C(=O)C=C(C2=O)N2O[C@@H](/C=C\C=C(/C)C2=O)[C@@H](OC(N)=O)/C(C)=C/[C@H](C)[C@H]1C. The van der Waals surface area contributed by atoms with Crippen LogP contribution in [0, 0.1) is 17.8 Å². The summed E-state index contributed by atoms with van der Waals surface area (Å²) in [7, 11) is 1.64. The quantitative estimate of drug-likeness (QED) is 0.0348. The van der Waals surface area contributed by atoms with Gasteiger partial charge in [-0.2, -0.15) is 5.06 Å². The summed E-state index contributed by atoms with van der Waals surface area (Å²) in [5, 5.41) is 7.33. The van der Waals surface area contributed by atoms with Gasteiger partial charge in [-0.1, -0.05) is 44.1 Å². The number of nitrogens with zero attached hydrogens (tertiary/aromatic N) is 4. The first-order chi connectivity index (χ1) is 29.4. The normalized spacial score (nSPS) is 26.0. The van der Waals surface area contributed by atoms with Crippen molar-refractivity contribution in [3.05, 3.63) is 68.9 Å². The van der Waals surface area contributed by atoms with Gasteiger partial charge in [0.15, 0.2) is 6.10 Å². The maximum absolute atomic E-state index is 14.5. The summed E-state index contributed by atoms with van der Waals surface area (Å²) in [6.45, 7) is 14.4. The predicted octanol–water partition coefficient (Wildman–Crippen LogP) is 4.05. The summed E-state index contributed by atoms with van der Waals surface area (Å²) in [5.74, 6) is -1.90. The van der Waals surface area contributed by atoms with Gasteiger partial charge in [0, 0.05) is 42.3 Å². The Morgan fingerprint density at radius 1 is 0.918 bits per heavy atom. The number of hydrogen-bond donors (Lipinski definition) is 2. The van der Waals surface area contributed by atoms with Gasteiger partial charge in [0.25, 0.3) is 5.91 Å². The molecule has 0 fully saturated rings. The number of nitrogens with one attached hydrogen (secondary N) is 1. The number of rotatable bonds is 24. The van der Waals surface area contributed by atoms with Crippen LogP contribution in [0.3, 0.4) is 0 Å². The summed E-state index contributed by atoms with van der Waals surface area (Å²) in [5.41, 5.74) is 14.6. The van der Waals surface area contributed by atoms with E-state index in [1.54, 1.807) is 39.2 Å². The molecule has 0 aromatic rings. The van der Waals surface area contributed by atoms with Crippen LogP contribution in [0.4, 0.5) is 4.79 Å². The highest BCUT2D eigenvalue weighted by Gasteiger charge is 2.40. The van der Waals surface area contributed by atoms with E-state index in [2.05, 4.69) is 22.3 Å². The minimum Gasteiger partial charge on any atom is -0.439 e. The maximum atomic E-state index is 14.5. The number of Topliss-reactive ketones (excluding diaryl/α,β-unsaturated/α-hetero) is 1. The number of ketones is 2. The number of ether oxygens (including phenoxy) is 8. The molecule has 3 N–H and O–H groups in total. The lowest BCUT2D eigenvalue weighted by Crippen LogP contribution is -2.45. The number of methoxy groups -OCH3 is 1. The van der Waals surface area contributed by atoms with Crippen LogP contribution in [0.2, 0.25) is 0 Å². The van der Waals surface area contributed by atoms with Crippen LogP contribution in [0.25, 0.3) is 10.4 Å². The van der Waals surface area contributed by atoms with Crippen LogP contribution in [-0.4, -0.2) is 146 Å². The molecule has 1 aliphatic carbocycles. The second-order valence-corrected chi connectivity index (χ2v) is 14.8. The van der Waals surface area contributed by atoms with Crippen LogP contribution in [-0.2, 0) is 57.1 Å². The molecule has 0 radical (unpaired) electrons. The van der Waals surface area contributed by atoms with E-state index in [4.69, 9.17) is 54.0 Å². The van der Waals surface area contributed by atoms with Crippen LogP contribution < -0.4 is 11.1 Å². The highest BCUT2D eigenvalue weighted by atomic mass is 16.7. The van der Waals surface area contributed by atoms with E-state index in [0.717, 1.165) is 11.1 Å². The number of allylic oxidation sites excluding steroid dienone is 5. The second-order valence-electron chi connectivity index (χ2n) is 14.8. The third kappa shape index (κ3) is 17.5. The van der Waals surface area contributed by atoms with Crippen LogP contribution >= 0.6 is 0 Å². The second kappa shape index (κ2) is 28.2. The van der Waals surface area contributed by atoms with Crippen molar-refractivity contribution in [3.8, 4) is 0 Å². The zero-order valence-corrected chi connectivity index (χ0v) is 36.3. The minimum absolute atomic E-state index is 0.00301. The van der Waals surface area contributed by atoms with Gasteiger partial charge in [0.1, 0.15) is 11.8 Å². The van der Waals surface area contributed by atoms with Gasteiger partial charge >= 0.3 is 6.09 Å². The van der Waals surface area contributed by atoms with Gasteiger partial charge < -0.3 is 48.9 Å². The molecule has 0 aromatic carbocycles. The molecule has 0 unspecified atom stereocenters. The van der Waals surface area contributed by atoms with Crippen molar-refractivity contribution in [2.24, 2.45) is 28.6 Å². The Labute approximate surface area is 358 Å². The van der Waals surface area contributed by atoms with Crippen LogP contribution in [0.15, 0.2) is 63.6 Å². The predicted molar refractivity (Wildman–Crippen MR) is 222 cm³/mol. The standard InChI is InChI=1S/C42H64N6O13/c1-28-24-33-38(45-10-12-54-14-16-56-18-20-58-22-23-59-21-19-57-17-15-55-13-11-46-47-44)35(49)27-34(39(33)50)48-41(51)29(2)8-7-9-36(61-48)40(60-42(43)52)31(4)26-30(3)32(5)37(25-28)53-6/h7-9,26-28,30,32,36-37,40,45H,10-25H2,1-6H3,(H2,43,52)/b9-7-,29-8+,31-26+/t28-,30+,32-,36+,37+,40+/m1/s1. The summed E-state index contributed by atoms with van der Waals surface area (Å²) in [4.78, 5) is 63.2. The Kier molecular flexibility index (Phi) is 23.6. The molecule has 4 bridgehead atoms. The molecule has 0 aromatic heterocycles. The molecule has 0 spiro atoms. The average Bonchev–Trinajstić information content (AvgIpc) is 3.22. The van der Waals surface area contributed by atoms with Gasteiger partial charge in [0.05, 0.1) is 91.1 Å². The molecule has 0 saturated heterocycles. The topological polar surface area (TPSA) is 241 Å². The van der Waals surface area contributed by atoms with Crippen LogP contribution in [0.5, 0.6) is 0 Å². The lowest BCUT2D eigenvalue weighted by atomic mass is 9.82. The lowest BCUT2D eigenvalue weighted by molar-refractivity contribution is -0.193. The number of hydroxylamine groups is 2. The molecule has 0 saturated carbocycles. The first kappa shape index (κ1) is 50.9. The minimum atomic E-state index is -1.09. The van der Waals surface area contributed by atoms with Crippen LogP contribution in [0.1, 0.15) is 47.5 Å². The van der Waals surface area contributed by atoms with Gasteiger partial charge in [-0.15, -0.1) is 0 Å². The zero-order valence-electron chi connectivity index (χ0n) is 36.3. The zero-order chi connectivity index (χ0) is 44.6. The number of carbonyl (C=O) groups is 4. The first-order valence-corrected chi connectivity index (χ1v) is 20.7. The number of carbonyl (C=O) groups excluding carboxylic acids is 4. The van der Waals surface area contributed by atoms with E-state index in [-0.39, 0.29) is 66.0 Å². The van der Waals surface area contributed by atoms with Crippen molar-refractivity contribution >= 4 is 23.6 Å². The summed E-state index contributed by atoms with van der Waals surface area (Å²) >= 11 is 0. The summed E-state index contributed by atoms with van der Waals surface area (Å²) in [6, 6.07) is 0. The molecule has 2 heterocycles. The van der Waals surface area contributed by atoms with Gasteiger partial charge in [-0.25, -0.2) is 4.79 Å². The average molecular weight is 861 g/mol. The number of azide groups is 1. The van der Waals surface area contributed by atoms with Crippen molar-refractivity contribution in [1.82, 2.24) is 10.4 Å². The molecular weight excluding hydrogens is 796 g/mol.